The third-order valence-corrected chi connectivity index (χ3v) is 4.18. The molecule has 0 aromatic heterocycles. The van der Waals surface area contributed by atoms with Gasteiger partial charge in [-0.2, -0.15) is 0 Å². The predicted molar refractivity (Wildman–Crippen MR) is 81.6 cm³/mol. The van der Waals surface area contributed by atoms with Crippen LogP contribution >= 0.6 is 0 Å². The molecule has 0 N–H and O–H groups in total. The largest absolute Gasteiger partial charge is 0.451 e. The van der Waals surface area contributed by atoms with E-state index in [1.54, 1.807) is 6.92 Å². The van der Waals surface area contributed by atoms with E-state index in [4.69, 9.17) is 4.74 Å². The highest BCUT2D eigenvalue weighted by Gasteiger charge is 2.38. The number of ether oxygens (including phenoxy) is 1. The lowest BCUT2D eigenvalue weighted by Gasteiger charge is -2.38. The minimum absolute atomic E-state index is 0.271. The Morgan fingerprint density at radius 2 is 1.85 bits per heavy atom. The highest BCUT2D eigenvalue weighted by molar-refractivity contribution is 5.87. The van der Waals surface area contributed by atoms with Gasteiger partial charge in [0.15, 0.2) is 0 Å². The molecular weight excluding hydrogens is 248 g/mol. The topological polar surface area (TPSA) is 26.3 Å². The van der Waals surface area contributed by atoms with E-state index >= 15 is 0 Å². The van der Waals surface area contributed by atoms with Crippen LogP contribution in [0.4, 0.5) is 0 Å². The Balaban J connectivity index is 2.43. The molecule has 2 nitrogen and oxygen atoms in total. The Morgan fingerprint density at radius 1 is 1.20 bits per heavy atom. The first-order chi connectivity index (χ1) is 9.44. The number of aryl methyl sites for hydroxylation is 2. The molecule has 2 rings (SSSR count). The Labute approximate surface area is 121 Å². The maximum atomic E-state index is 12.1. The summed E-state index contributed by atoms with van der Waals surface area (Å²) in [7, 11) is 0. The predicted octanol–water partition coefficient (Wildman–Crippen LogP) is 4.58. The van der Waals surface area contributed by atoms with Crippen molar-refractivity contribution in [3.05, 3.63) is 47.0 Å². The van der Waals surface area contributed by atoms with Crippen LogP contribution in [0.5, 0.6) is 0 Å². The summed E-state index contributed by atoms with van der Waals surface area (Å²) in [6.45, 7) is 9.60. The fourth-order valence-corrected chi connectivity index (χ4v) is 3.04. The molecule has 1 fully saturated rings. The maximum absolute atomic E-state index is 12.1. The number of hydrogen-bond donors (Lipinski definition) is 0. The summed E-state index contributed by atoms with van der Waals surface area (Å²) in [5, 5.41) is 0. The average Bonchev–Trinajstić information content (AvgIpc) is 2.42. The van der Waals surface area contributed by atoms with E-state index in [0.717, 1.165) is 25.7 Å². The number of carbonyl (C=O) groups excluding carboxylic acids is 1. The number of carbonyl (C=O) groups is 1. The van der Waals surface area contributed by atoms with Crippen molar-refractivity contribution in [1.29, 1.82) is 0 Å². The first kappa shape index (κ1) is 14.8. The van der Waals surface area contributed by atoms with Crippen molar-refractivity contribution in [3.8, 4) is 0 Å². The first-order valence-electron chi connectivity index (χ1n) is 7.41. The van der Waals surface area contributed by atoms with Crippen LogP contribution in [0.3, 0.4) is 0 Å². The molecule has 0 saturated heterocycles. The lowest BCUT2D eigenvalue weighted by atomic mass is 9.77. The van der Waals surface area contributed by atoms with Crippen molar-refractivity contribution in [2.75, 3.05) is 0 Å². The molecule has 0 amide bonds. The fourth-order valence-electron chi connectivity index (χ4n) is 3.04. The molecule has 0 heterocycles. The highest BCUT2D eigenvalue weighted by Crippen LogP contribution is 2.42. The lowest BCUT2D eigenvalue weighted by molar-refractivity contribution is -0.160. The summed E-state index contributed by atoms with van der Waals surface area (Å²) >= 11 is 0. The minimum Gasteiger partial charge on any atom is -0.451 e. The van der Waals surface area contributed by atoms with Crippen LogP contribution in [0.25, 0.3) is 0 Å². The van der Waals surface area contributed by atoms with Crippen LogP contribution in [-0.4, -0.2) is 5.97 Å². The van der Waals surface area contributed by atoms with E-state index < -0.39 is 5.60 Å². The standard InChI is InChI=1S/C18H24O2/c1-13(2)17(19)20-18(10-6-5-7-11-18)16-12-14(3)8-9-15(16)4/h8-9,12H,1,5-7,10-11H2,2-4H3. The summed E-state index contributed by atoms with van der Waals surface area (Å²) in [4.78, 5) is 12.1. The van der Waals surface area contributed by atoms with Gasteiger partial charge in [0.2, 0.25) is 0 Å². The zero-order chi connectivity index (χ0) is 14.8. The van der Waals surface area contributed by atoms with Gasteiger partial charge in [0, 0.05) is 5.57 Å². The second-order valence-electron chi connectivity index (χ2n) is 6.04. The van der Waals surface area contributed by atoms with Crippen molar-refractivity contribution in [3.63, 3.8) is 0 Å². The molecule has 0 aliphatic heterocycles. The fraction of sp³-hybridized carbons (Fsp3) is 0.500. The van der Waals surface area contributed by atoms with E-state index in [0.29, 0.717) is 5.57 Å². The number of benzene rings is 1. The third kappa shape index (κ3) is 2.95. The van der Waals surface area contributed by atoms with Gasteiger partial charge in [-0.15, -0.1) is 0 Å². The quantitative estimate of drug-likeness (QED) is 0.594. The SMILES string of the molecule is C=C(C)C(=O)OC1(c2cc(C)ccc2C)CCCCC1. The molecule has 0 spiro atoms. The molecule has 1 aromatic rings. The van der Waals surface area contributed by atoms with Crippen LogP contribution in [0.15, 0.2) is 30.4 Å². The van der Waals surface area contributed by atoms with E-state index in [1.807, 2.05) is 0 Å². The summed E-state index contributed by atoms with van der Waals surface area (Å²) < 4.78 is 5.92. The molecular formula is C18H24O2. The van der Waals surface area contributed by atoms with Gasteiger partial charge in [-0.25, -0.2) is 4.79 Å². The molecule has 1 aliphatic carbocycles. The Kier molecular flexibility index (Phi) is 4.32. The minimum atomic E-state index is -0.454. The van der Waals surface area contributed by atoms with Gasteiger partial charge in [-0.1, -0.05) is 36.8 Å². The molecule has 1 aromatic carbocycles. The van der Waals surface area contributed by atoms with Crippen LogP contribution in [-0.2, 0) is 15.1 Å². The van der Waals surface area contributed by atoms with Crippen molar-refractivity contribution < 1.29 is 9.53 Å². The molecule has 0 atom stereocenters. The van der Waals surface area contributed by atoms with Gasteiger partial charge in [-0.3, -0.25) is 0 Å². The normalized spacial score (nSPS) is 17.6. The second kappa shape index (κ2) is 5.82. The maximum Gasteiger partial charge on any atom is 0.333 e. The van der Waals surface area contributed by atoms with Crippen molar-refractivity contribution in [2.45, 2.75) is 58.5 Å². The van der Waals surface area contributed by atoms with Gasteiger partial charge >= 0.3 is 5.97 Å². The molecule has 1 aliphatic rings. The average molecular weight is 272 g/mol. The zero-order valence-corrected chi connectivity index (χ0v) is 12.8. The number of esters is 1. The smallest absolute Gasteiger partial charge is 0.333 e. The van der Waals surface area contributed by atoms with E-state index in [2.05, 4.69) is 38.6 Å². The Morgan fingerprint density at radius 3 is 2.45 bits per heavy atom. The lowest BCUT2D eigenvalue weighted by Crippen LogP contribution is -2.35. The molecule has 20 heavy (non-hydrogen) atoms. The summed E-state index contributed by atoms with van der Waals surface area (Å²) in [6, 6.07) is 6.40. The molecule has 2 heteroatoms. The Bertz CT molecular complexity index is 522. The van der Waals surface area contributed by atoms with Crippen LogP contribution < -0.4 is 0 Å². The highest BCUT2D eigenvalue weighted by atomic mass is 16.6. The number of hydrogen-bond acceptors (Lipinski definition) is 2. The molecule has 0 radical (unpaired) electrons. The van der Waals surface area contributed by atoms with Crippen LogP contribution in [0.1, 0.15) is 55.7 Å². The van der Waals surface area contributed by atoms with Crippen molar-refractivity contribution in [1.82, 2.24) is 0 Å². The van der Waals surface area contributed by atoms with Crippen LogP contribution in [0, 0.1) is 13.8 Å². The zero-order valence-electron chi connectivity index (χ0n) is 12.8. The third-order valence-electron chi connectivity index (χ3n) is 4.18. The molecule has 0 unspecified atom stereocenters. The molecule has 0 bridgehead atoms. The van der Waals surface area contributed by atoms with E-state index in [9.17, 15) is 4.79 Å². The summed E-state index contributed by atoms with van der Waals surface area (Å²) in [6.07, 6.45) is 5.26. The van der Waals surface area contributed by atoms with Crippen molar-refractivity contribution >= 4 is 5.97 Å². The number of rotatable bonds is 3. The monoisotopic (exact) mass is 272 g/mol. The van der Waals surface area contributed by atoms with E-state index in [-0.39, 0.29) is 5.97 Å². The summed E-state index contributed by atoms with van der Waals surface area (Å²) in [5.74, 6) is -0.271. The van der Waals surface area contributed by atoms with E-state index in [1.165, 1.54) is 23.1 Å². The summed E-state index contributed by atoms with van der Waals surface area (Å²) in [5.41, 5.74) is 3.60. The van der Waals surface area contributed by atoms with Gasteiger partial charge < -0.3 is 4.74 Å². The van der Waals surface area contributed by atoms with Gasteiger partial charge in [0.05, 0.1) is 0 Å². The van der Waals surface area contributed by atoms with Gasteiger partial charge in [-0.05, 0) is 57.6 Å². The van der Waals surface area contributed by atoms with Gasteiger partial charge in [0.25, 0.3) is 0 Å². The Hall–Kier alpha value is -1.57. The van der Waals surface area contributed by atoms with Crippen LogP contribution in [0.2, 0.25) is 0 Å². The second-order valence-corrected chi connectivity index (χ2v) is 6.04. The molecule has 1 saturated carbocycles. The van der Waals surface area contributed by atoms with Gasteiger partial charge in [0.1, 0.15) is 5.60 Å². The first-order valence-corrected chi connectivity index (χ1v) is 7.41. The molecule has 108 valence electrons. The van der Waals surface area contributed by atoms with Crippen molar-refractivity contribution in [2.24, 2.45) is 0 Å².